The van der Waals surface area contributed by atoms with E-state index < -0.39 is 0 Å². The van der Waals surface area contributed by atoms with Gasteiger partial charge in [0.2, 0.25) is 5.91 Å². The van der Waals surface area contributed by atoms with Crippen LogP contribution in [0.1, 0.15) is 37.1 Å². The third-order valence-corrected chi connectivity index (χ3v) is 6.66. The Bertz CT molecular complexity index is 718. The van der Waals surface area contributed by atoms with Crippen molar-refractivity contribution in [1.82, 2.24) is 15.5 Å². The highest BCUT2D eigenvalue weighted by Crippen LogP contribution is 2.41. The van der Waals surface area contributed by atoms with Gasteiger partial charge < -0.3 is 11.1 Å². The number of benzene rings is 1. The lowest BCUT2D eigenvalue weighted by Gasteiger charge is -2.43. The Balaban J connectivity index is 1.34. The SMILES string of the molecule is NC1C2CCCC1CC(C(=O)NCc1nnc(-c3ccccc3)s1)C2. The summed E-state index contributed by atoms with van der Waals surface area (Å²) < 4.78 is 0. The van der Waals surface area contributed by atoms with Crippen molar-refractivity contribution in [3.8, 4) is 10.6 Å². The Hall–Kier alpha value is -1.79. The fourth-order valence-electron chi connectivity index (χ4n) is 4.33. The van der Waals surface area contributed by atoms with E-state index in [1.54, 1.807) is 0 Å². The van der Waals surface area contributed by atoms with Crippen LogP contribution in [0.5, 0.6) is 0 Å². The van der Waals surface area contributed by atoms with Gasteiger partial charge in [0.05, 0.1) is 6.54 Å². The van der Waals surface area contributed by atoms with E-state index in [4.69, 9.17) is 5.73 Å². The molecule has 2 unspecified atom stereocenters. The molecule has 2 bridgehead atoms. The summed E-state index contributed by atoms with van der Waals surface area (Å²) >= 11 is 1.53. The molecule has 2 aliphatic carbocycles. The molecule has 2 saturated carbocycles. The second-order valence-corrected chi connectivity index (χ2v) is 8.34. The lowest BCUT2D eigenvalue weighted by molar-refractivity contribution is -0.128. The van der Waals surface area contributed by atoms with Crippen LogP contribution in [0, 0.1) is 17.8 Å². The quantitative estimate of drug-likeness (QED) is 0.882. The minimum Gasteiger partial charge on any atom is -0.349 e. The number of hydrogen-bond donors (Lipinski definition) is 2. The van der Waals surface area contributed by atoms with Crippen molar-refractivity contribution in [2.75, 3.05) is 0 Å². The molecule has 132 valence electrons. The summed E-state index contributed by atoms with van der Waals surface area (Å²) in [5, 5.41) is 13.3. The van der Waals surface area contributed by atoms with E-state index in [-0.39, 0.29) is 11.8 Å². The van der Waals surface area contributed by atoms with Gasteiger partial charge in [0, 0.05) is 17.5 Å². The third kappa shape index (κ3) is 3.60. The average molecular weight is 356 g/mol. The molecule has 2 aromatic rings. The zero-order valence-electron chi connectivity index (χ0n) is 14.2. The maximum Gasteiger partial charge on any atom is 0.223 e. The van der Waals surface area contributed by atoms with Crippen LogP contribution in [0.4, 0.5) is 0 Å². The molecule has 3 N–H and O–H groups in total. The van der Waals surface area contributed by atoms with Gasteiger partial charge in [-0.25, -0.2) is 0 Å². The summed E-state index contributed by atoms with van der Waals surface area (Å²) in [7, 11) is 0. The first kappa shape index (κ1) is 16.7. The summed E-state index contributed by atoms with van der Waals surface area (Å²) in [6, 6.07) is 10.3. The molecule has 25 heavy (non-hydrogen) atoms. The molecule has 6 heteroatoms. The van der Waals surface area contributed by atoms with E-state index in [0.717, 1.165) is 28.4 Å². The molecule has 0 radical (unpaired) electrons. The van der Waals surface area contributed by atoms with Gasteiger partial charge >= 0.3 is 0 Å². The van der Waals surface area contributed by atoms with Crippen molar-refractivity contribution < 1.29 is 4.79 Å². The highest BCUT2D eigenvalue weighted by atomic mass is 32.1. The van der Waals surface area contributed by atoms with Crippen LogP contribution < -0.4 is 11.1 Å². The summed E-state index contributed by atoms with van der Waals surface area (Å²) in [6.45, 7) is 0.460. The van der Waals surface area contributed by atoms with E-state index in [9.17, 15) is 4.79 Å². The fraction of sp³-hybridized carbons (Fsp3) is 0.526. The summed E-state index contributed by atoms with van der Waals surface area (Å²) in [5.41, 5.74) is 7.38. The number of rotatable bonds is 4. The van der Waals surface area contributed by atoms with Crippen LogP contribution in [0.25, 0.3) is 10.6 Å². The number of amides is 1. The standard InChI is InChI=1S/C19H24N4OS/c20-17-13-7-4-8-14(17)10-15(9-13)18(24)21-11-16-22-23-19(25-16)12-5-2-1-3-6-12/h1-3,5-6,13-15,17H,4,7-11,20H2,(H,21,24). The normalized spacial score (nSPS) is 28.5. The molecular formula is C19H24N4OS. The Morgan fingerprint density at radius 1 is 1.16 bits per heavy atom. The van der Waals surface area contributed by atoms with Crippen LogP contribution in [0.3, 0.4) is 0 Å². The predicted octanol–water partition coefficient (Wildman–Crippen LogP) is 2.97. The molecule has 0 spiro atoms. The van der Waals surface area contributed by atoms with Crippen molar-refractivity contribution in [2.24, 2.45) is 23.5 Å². The van der Waals surface area contributed by atoms with Crippen LogP contribution in [-0.4, -0.2) is 22.1 Å². The van der Waals surface area contributed by atoms with Crippen LogP contribution in [0.2, 0.25) is 0 Å². The summed E-state index contributed by atoms with van der Waals surface area (Å²) in [5.74, 6) is 1.31. The molecule has 2 aliphatic rings. The molecule has 1 aromatic carbocycles. The monoisotopic (exact) mass is 356 g/mol. The minimum absolute atomic E-state index is 0.108. The number of nitrogens with one attached hydrogen (secondary N) is 1. The van der Waals surface area contributed by atoms with E-state index >= 15 is 0 Å². The fourth-order valence-corrected chi connectivity index (χ4v) is 5.12. The van der Waals surface area contributed by atoms with Gasteiger partial charge in [-0.15, -0.1) is 10.2 Å². The summed E-state index contributed by atoms with van der Waals surface area (Å²) in [4.78, 5) is 12.6. The topological polar surface area (TPSA) is 80.9 Å². The molecule has 2 fully saturated rings. The van der Waals surface area contributed by atoms with Gasteiger partial charge in [0.25, 0.3) is 0 Å². The Morgan fingerprint density at radius 2 is 1.88 bits per heavy atom. The highest BCUT2D eigenvalue weighted by molar-refractivity contribution is 7.14. The molecule has 0 saturated heterocycles. The van der Waals surface area contributed by atoms with Gasteiger partial charge in [0.1, 0.15) is 10.0 Å². The van der Waals surface area contributed by atoms with Crippen molar-refractivity contribution in [1.29, 1.82) is 0 Å². The van der Waals surface area contributed by atoms with Gasteiger partial charge in [-0.1, -0.05) is 48.1 Å². The zero-order valence-corrected chi connectivity index (χ0v) is 15.0. The van der Waals surface area contributed by atoms with E-state index in [2.05, 4.69) is 15.5 Å². The third-order valence-electron chi connectivity index (χ3n) is 5.69. The van der Waals surface area contributed by atoms with Crippen LogP contribution in [-0.2, 0) is 11.3 Å². The number of carbonyl (C=O) groups excluding carboxylic acids is 1. The molecule has 5 nitrogen and oxygen atoms in total. The average Bonchev–Trinajstić information content (AvgIpc) is 3.09. The molecule has 0 aliphatic heterocycles. The zero-order chi connectivity index (χ0) is 17.2. The maximum absolute atomic E-state index is 12.6. The molecule has 1 amide bonds. The van der Waals surface area contributed by atoms with Crippen LogP contribution >= 0.6 is 11.3 Å². The predicted molar refractivity (Wildman–Crippen MR) is 98.7 cm³/mol. The molecule has 1 heterocycles. The lowest BCUT2D eigenvalue weighted by Crippen LogP contribution is -2.49. The second-order valence-electron chi connectivity index (χ2n) is 7.28. The molecule has 4 rings (SSSR count). The Morgan fingerprint density at radius 3 is 2.60 bits per heavy atom. The van der Waals surface area contributed by atoms with Gasteiger partial charge in [-0.05, 0) is 37.5 Å². The first-order chi connectivity index (χ1) is 12.2. The van der Waals surface area contributed by atoms with Crippen molar-refractivity contribution in [3.63, 3.8) is 0 Å². The van der Waals surface area contributed by atoms with Gasteiger partial charge in [0.15, 0.2) is 0 Å². The Kier molecular flexibility index (Phi) is 4.81. The number of fused-ring (bicyclic) bond motifs is 2. The van der Waals surface area contributed by atoms with Crippen molar-refractivity contribution in [3.05, 3.63) is 35.3 Å². The van der Waals surface area contributed by atoms with E-state index in [0.29, 0.717) is 24.4 Å². The summed E-state index contributed by atoms with van der Waals surface area (Å²) in [6.07, 6.45) is 5.50. The number of hydrogen-bond acceptors (Lipinski definition) is 5. The van der Waals surface area contributed by atoms with Crippen LogP contribution in [0.15, 0.2) is 30.3 Å². The molecule has 2 atom stereocenters. The lowest BCUT2D eigenvalue weighted by atomic mass is 9.65. The number of aromatic nitrogens is 2. The second kappa shape index (κ2) is 7.22. The maximum atomic E-state index is 12.6. The molecular weight excluding hydrogens is 332 g/mol. The van der Waals surface area contributed by atoms with Gasteiger partial charge in [-0.2, -0.15) is 0 Å². The number of nitrogens with two attached hydrogens (primary N) is 1. The number of nitrogens with zero attached hydrogens (tertiary/aromatic N) is 2. The largest absolute Gasteiger partial charge is 0.349 e. The Labute approximate surface area is 152 Å². The van der Waals surface area contributed by atoms with E-state index in [1.807, 2.05) is 30.3 Å². The number of carbonyl (C=O) groups is 1. The van der Waals surface area contributed by atoms with E-state index in [1.165, 1.54) is 30.6 Å². The first-order valence-corrected chi connectivity index (χ1v) is 9.93. The van der Waals surface area contributed by atoms with Crippen molar-refractivity contribution in [2.45, 2.75) is 44.7 Å². The highest BCUT2D eigenvalue weighted by Gasteiger charge is 2.40. The first-order valence-electron chi connectivity index (χ1n) is 9.12. The smallest absolute Gasteiger partial charge is 0.223 e. The minimum atomic E-state index is 0.108. The van der Waals surface area contributed by atoms with Crippen molar-refractivity contribution >= 4 is 17.2 Å². The van der Waals surface area contributed by atoms with Gasteiger partial charge in [-0.3, -0.25) is 4.79 Å². The molecule has 1 aromatic heterocycles.